The molecule has 1 aromatic heterocycles. The fourth-order valence-electron chi connectivity index (χ4n) is 0.909. The van der Waals surface area contributed by atoms with Gasteiger partial charge < -0.3 is 4.74 Å². The third-order valence-corrected chi connectivity index (χ3v) is 1.96. The number of hydrogen-bond donors (Lipinski definition) is 0. The molecule has 0 saturated heterocycles. The summed E-state index contributed by atoms with van der Waals surface area (Å²) >= 11 is 5.87. The van der Waals surface area contributed by atoms with E-state index in [-0.39, 0.29) is 0 Å². The van der Waals surface area contributed by atoms with Gasteiger partial charge in [0.25, 0.3) is 0 Å². The van der Waals surface area contributed by atoms with Crippen LogP contribution in [-0.2, 0) is 0 Å². The zero-order valence-electron chi connectivity index (χ0n) is 8.09. The Kier molecular flexibility index (Phi) is 3.48. The Balaban J connectivity index is 2.92. The monoisotopic (exact) mass is 200 g/mol. The van der Waals surface area contributed by atoms with E-state index in [1.807, 2.05) is 13.8 Å². The molecule has 0 bridgehead atoms. The highest BCUT2D eigenvalue weighted by atomic mass is 35.5. The van der Waals surface area contributed by atoms with Crippen molar-refractivity contribution in [3.8, 4) is 5.88 Å². The summed E-state index contributed by atoms with van der Waals surface area (Å²) in [5, 5.41) is 0.471. The summed E-state index contributed by atoms with van der Waals surface area (Å²) < 4.78 is 5.41. The van der Waals surface area contributed by atoms with Crippen LogP contribution < -0.4 is 4.74 Å². The van der Waals surface area contributed by atoms with Crippen LogP contribution in [0.2, 0.25) is 5.15 Å². The van der Waals surface area contributed by atoms with E-state index in [1.54, 1.807) is 6.92 Å². The van der Waals surface area contributed by atoms with Gasteiger partial charge in [0.05, 0.1) is 6.61 Å². The van der Waals surface area contributed by atoms with E-state index >= 15 is 0 Å². The molecule has 0 aliphatic carbocycles. The van der Waals surface area contributed by atoms with Gasteiger partial charge in [-0.25, -0.2) is 4.98 Å². The lowest BCUT2D eigenvalue weighted by molar-refractivity contribution is 0.301. The number of ether oxygens (including phenoxy) is 1. The van der Waals surface area contributed by atoms with Crippen LogP contribution in [-0.4, -0.2) is 16.6 Å². The lowest BCUT2D eigenvalue weighted by Gasteiger charge is -2.07. The number of aromatic nitrogens is 2. The van der Waals surface area contributed by atoms with Crippen molar-refractivity contribution in [3.63, 3.8) is 0 Å². The summed E-state index contributed by atoms with van der Waals surface area (Å²) in [5.41, 5.74) is 0.806. The first-order chi connectivity index (χ1) is 6.15. The summed E-state index contributed by atoms with van der Waals surface area (Å²) in [4.78, 5) is 8.17. The van der Waals surface area contributed by atoms with Crippen LogP contribution in [0.15, 0.2) is 0 Å². The standard InChI is InChI=1S/C9H13ClN2O/c1-4-5-13-9-6(2)8(10)11-7(3)12-9/h4-5H2,1-3H3. The molecule has 4 heteroatoms. The molecule has 1 aromatic rings. The summed E-state index contributed by atoms with van der Waals surface area (Å²) in [6.45, 7) is 6.36. The minimum atomic E-state index is 0.471. The average molecular weight is 201 g/mol. The van der Waals surface area contributed by atoms with Crippen molar-refractivity contribution in [2.24, 2.45) is 0 Å². The van der Waals surface area contributed by atoms with Gasteiger partial charge in [-0.05, 0) is 20.3 Å². The lowest BCUT2D eigenvalue weighted by atomic mass is 10.3. The SMILES string of the molecule is CCCOc1nc(C)nc(Cl)c1C. The maximum atomic E-state index is 5.87. The van der Waals surface area contributed by atoms with E-state index in [2.05, 4.69) is 9.97 Å². The molecule has 0 amide bonds. The van der Waals surface area contributed by atoms with Gasteiger partial charge in [-0.3, -0.25) is 0 Å². The van der Waals surface area contributed by atoms with E-state index in [0.717, 1.165) is 12.0 Å². The summed E-state index contributed by atoms with van der Waals surface area (Å²) in [5.74, 6) is 1.24. The molecule has 0 spiro atoms. The van der Waals surface area contributed by atoms with E-state index in [4.69, 9.17) is 16.3 Å². The number of rotatable bonds is 3. The van der Waals surface area contributed by atoms with Gasteiger partial charge in [-0.1, -0.05) is 18.5 Å². The van der Waals surface area contributed by atoms with Crippen LogP contribution >= 0.6 is 11.6 Å². The lowest BCUT2D eigenvalue weighted by Crippen LogP contribution is -2.02. The minimum absolute atomic E-state index is 0.471. The first-order valence-corrected chi connectivity index (χ1v) is 4.66. The van der Waals surface area contributed by atoms with Crippen molar-refractivity contribution in [3.05, 3.63) is 16.5 Å². The molecule has 3 nitrogen and oxygen atoms in total. The number of halogens is 1. The van der Waals surface area contributed by atoms with Crippen molar-refractivity contribution in [2.75, 3.05) is 6.61 Å². The molecule has 1 rings (SSSR count). The van der Waals surface area contributed by atoms with Gasteiger partial charge >= 0.3 is 0 Å². The molecular formula is C9H13ClN2O. The molecule has 0 atom stereocenters. The molecule has 0 saturated carbocycles. The van der Waals surface area contributed by atoms with Gasteiger partial charge in [0.15, 0.2) is 0 Å². The Morgan fingerprint density at radius 2 is 2.00 bits per heavy atom. The van der Waals surface area contributed by atoms with Crippen LogP contribution in [0.25, 0.3) is 0 Å². The quantitative estimate of drug-likeness (QED) is 0.704. The van der Waals surface area contributed by atoms with Gasteiger partial charge in [-0.15, -0.1) is 0 Å². The Morgan fingerprint density at radius 3 is 2.62 bits per heavy atom. The van der Waals surface area contributed by atoms with Crippen LogP contribution in [0.5, 0.6) is 5.88 Å². The summed E-state index contributed by atoms with van der Waals surface area (Å²) in [6, 6.07) is 0. The Bertz CT molecular complexity index is 302. The predicted octanol–water partition coefficient (Wildman–Crippen LogP) is 2.54. The van der Waals surface area contributed by atoms with Crippen LogP contribution in [0.3, 0.4) is 0 Å². The molecule has 0 fully saturated rings. The van der Waals surface area contributed by atoms with Crippen molar-refractivity contribution < 1.29 is 4.74 Å². The molecule has 0 aliphatic heterocycles. The molecule has 13 heavy (non-hydrogen) atoms. The van der Waals surface area contributed by atoms with E-state index in [9.17, 15) is 0 Å². The van der Waals surface area contributed by atoms with Crippen molar-refractivity contribution in [1.82, 2.24) is 9.97 Å². The van der Waals surface area contributed by atoms with Crippen LogP contribution in [0, 0.1) is 13.8 Å². The van der Waals surface area contributed by atoms with Crippen LogP contribution in [0.4, 0.5) is 0 Å². The normalized spacial score (nSPS) is 10.2. The molecule has 0 radical (unpaired) electrons. The number of aryl methyl sites for hydroxylation is 1. The largest absolute Gasteiger partial charge is 0.477 e. The maximum absolute atomic E-state index is 5.87. The Labute approximate surface area is 83.1 Å². The highest BCUT2D eigenvalue weighted by Crippen LogP contribution is 2.21. The van der Waals surface area contributed by atoms with Gasteiger partial charge in [0.2, 0.25) is 5.88 Å². The van der Waals surface area contributed by atoms with Crippen molar-refractivity contribution >= 4 is 11.6 Å². The minimum Gasteiger partial charge on any atom is -0.477 e. The zero-order chi connectivity index (χ0) is 9.84. The third-order valence-electron chi connectivity index (χ3n) is 1.60. The molecule has 0 aliphatic rings. The second-order valence-corrected chi connectivity index (χ2v) is 3.20. The maximum Gasteiger partial charge on any atom is 0.221 e. The Hall–Kier alpha value is -0.830. The van der Waals surface area contributed by atoms with E-state index < -0.39 is 0 Å². The number of hydrogen-bond acceptors (Lipinski definition) is 3. The molecule has 0 unspecified atom stereocenters. The molecule has 72 valence electrons. The first-order valence-electron chi connectivity index (χ1n) is 4.28. The van der Waals surface area contributed by atoms with E-state index in [1.165, 1.54) is 0 Å². The fraction of sp³-hybridized carbons (Fsp3) is 0.556. The first kappa shape index (κ1) is 10.3. The van der Waals surface area contributed by atoms with Gasteiger partial charge in [0.1, 0.15) is 11.0 Å². The molecule has 0 aromatic carbocycles. The summed E-state index contributed by atoms with van der Waals surface area (Å²) in [7, 11) is 0. The third kappa shape index (κ3) is 2.56. The number of nitrogens with zero attached hydrogens (tertiary/aromatic N) is 2. The average Bonchev–Trinajstić information content (AvgIpc) is 2.09. The van der Waals surface area contributed by atoms with Crippen molar-refractivity contribution in [1.29, 1.82) is 0 Å². The molecule has 1 heterocycles. The smallest absolute Gasteiger partial charge is 0.221 e. The van der Waals surface area contributed by atoms with E-state index in [0.29, 0.717) is 23.5 Å². The Morgan fingerprint density at radius 1 is 1.31 bits per heavy atom. The highest BCUT2D eigenvalue weighted by molar-refractivity contribution is 6.30. The molecular weight excluding hydrogens is 188 g/mol. The zero-order valence-corrected chi connectivity index (χ0v) is 8.85. The summed E-state index contributed by atoms with van der Waals surface area (Å²) in [6.07, 6.45) is 0.958. The predicted molar refractivity (Wildman–Crippen MR) is 52.3 cm³/mol. The second-order valence-electron chi connectivity index (χ2n) is 2.84. The topological polar surface area (TPSA) is 35.0 Å². The molecule has 0 N–H and O–H groups in total. The van der Waals surface area contributed by atoms with Gasteiger partial charge in [0, 0.05) is 5.56 Å². The van der Waals surface area contributed by atoms with Crippen molar-refractivity contribution in [2.45, 2.75) is 27.2 Å². The highest BCUT2D eigenvalue weighted by Gasteiger charge is 2.07. The fourth-order valence-corrected chi connectivity index (χ4v) is 1.11. The van der Waals surface area contributed by atoms with Gasteiger partial charge in [-0.2, -0.15) is 4.98 Å². The van der Waals surface area contributed by atoms with Crippen LogP contribution in [0.1, 0.15) is 24.7 Å². The second kappa shape index (κ2) is 4.42.